The van der Waals surface area contributed by atoms with Crippen LogP contribution in [0.1, 0.15) is 21.5 Å². The fourth-order valence-electron chi connectivity index (χ4n) is 2.12. The number of rotatable bonds is 6. The summed E-state index contributed by atoms with van der Waals surface area (Å²) in [5.41, 5.74) is 1.85. The van der Waals surface area contributed by atoms with E-state index in [1.165, 1.54) is 23.1 Å². The molecular formula is C20H18N2O4. The molecule has 0 aliphatic carbocycles. The molecule has 0 spiro atoms. The number of hydrogen-bond acceptors (Lipinski definition) is 4. The van der Waals surface area contributed by atoms with Crippen molar-refractivity contribution in [1.29, 1.82) is 5.26 Å². The first kappa shape index (κ1) is 18.7. The molecule has 0 bridgehead atoms. The number of carbonyl (C=O) groups is 2. The van der Waals surface area contributed by atoms with Gasteiger partial charge in [-0.05, 0) is 41.5 Å². The average molecular weight is 350 g/mol. The van der Waals surface area contributed by atoms with Crippen LogP contribution in [0.15, 0.2) is 54.1 Å². The average Bonchev–Trinajstić information content (AvgIpc) is 2.65. The SMILES string of the molecule is CN(C)C(=O)/C(C#N)=C\c1ccc(OCc2ccc(C(=O)O)cc2)cc1. The molecule has 26 heavy (non-hydrogen) atoms. The number of nitriles is 1. The number of amides is 1. The standard InChI is InChI=1S/C20H18N2O4/c1-22(2)19(23)17(12-21)11-14-5-9-18(10-6-14)26-13-15-3-7-16(8-4-15)20(24)25/h3-11H,13H2,1-2H3,(H,24,25)/b17-11-. The molecule has 2 aromatic carbocycles. The molecule has 0 aliphatic heterocycles. The lowest BCUT2D eigenvalue weighted by atomic mass is 10.1. The highest BCUT2D eigenvalue weighted by Crippen LogP contribution is 2.17. The summed E-state index contributed by atoms with van der Waals surface area (Å²) in [7, 11) is 3.18. The Morgan fingerprint density at radius 2 is 1.73 bits per heavy atom. The Morgan fingerprint density at radius 1 is 1.12 bits per heavy atom. The Morgan fingerprint density at radius 3 is 2.23 bits per heavy atom. The summed E-state index contributed by atoms with van der Waals surface area (Å²) in [5.74, 6) is -0.690. The minimum atomic E-state index is -0.967. The summed E-state index contributed by atoms with van der Waals surface area (Å²) in [6, 6.07) is 15.4. The first-order chi connectivity index (χ1) is 12.4. The van der Waals surface area contributed by atoms with Gasteiger partial charge < -0.3 is 14.7 Å². The molecule has 0 radical (unpaired) electrons. The molecule has 0 fully saturated rings. The zero-order valence-corrected chi connectivity index (χ0v) is 14.5. The van der Waals surface area contributed by atoms with Crippen molar-refractivity contribution < 1.29 is 19.4 Å². The maximum absolute atomic E-state index is 11.8. The van der Waals surface area contributed by atoms with E-state index in [2.05, 4.69) is 0 Å². The van der Waals surface area contributed by atoms with Gasteiger partial charge in [0.15, 0.2) is 0 Å². The molecule has 0 unspecified atom stereocenters. The van der Waals surface area contributed by atoms with E-state index in [0.29, 0.717) is 12.4 Å². The third-order valence-corrected chi connectivity index (χ3v) is 3.55. The van der Waals surface area contributed by atoms with Crippen LogP contribution in [-0.4, -0.2) is 36.0 Å². The number of ether oxygens (including phenoxy) is 1. The number of carbonyl (C=O) groups excluding carboxylic acids is 1. The molecule has 0 aromatic heterocycles. The Bertz CT molecular complexity index is 860. The summed E-state index contributed by atoms with van der Waals surface area (Å²) in [5, 5.41) is 18.0. The summed E-state index contributed by atoms with van der Waals surface area (Å²) in [6.45, 7) is 0.303. The van der Waals surface area contributed by atoms with E-state index in [9.17, 15) is 9.59 Å². The number of likely N-dealkylation sites (N-methyl/N-ethyl adjacent to an activating group) is 1. The second-order valence-electron chi connectivity index (χ2n) is 5.73. The highest BCUT2D eigenvalue weighted by molar-refractivity contribution is 6.01. The molecule has 0 saturated heterocycles. The predicted octanol–water partition coefficient (Wildman–Crippen LogP) is 2.96. The number of carboxylic acid groups (broad SMARTS) is 1. The lowest BCUT2D eigenvalue weighted by molar-refractivity contribution is -0.124. The minimum absolute atomic E-state index is 0.0576. The van der Waals surface area contributed by atoms with Crippen LogP contribution in [0.5, 0.6) is 5.75 Å². The number of hydrogen-bond donors (Lipinski definition) is 1. The molecular weight excluding hydrogens is 332 g/mol. The summed E-state index contributed by atoms with van der Waals surface area (Å²) >= 11 is 0. The quantitative estimate of drug-likeness (QED) is 0.639. The molecule has 2 rings (SSSR count). The van der Waals surface area contributed by atoms with E-state index in [0.717, 1.165) is 11.1 Å². The van der Waals surface area contributed by atoms with Crippen LogP contribution in [0.4, 0.5) is 0 Å². The first-order valence-electron chi connectivity index (χ1n) is 7.79. The lowest BCUT2D eigenvalue weighted by Gasteiger charge is -2.09. The van der Waals surface area contributed by atoms with Crippen molar-refractivity contribution in [2.75, 3.05) is 14.1 Å². The molecule has 0 atom stereocenters. The van der Waals surface area contributed by atoms with Crippen molar-refractivity contribution in [3.8, 4) is 11.8 Å². The van der Waals surface area contributed by atoms with E-state index in [1.807, 2.05) is 6.07 Å². The van der Waals surface area contributed by atoms with Gasteiger partial charge >= 0.3 is 5.97 Å². The van der Waals surface area contributed by atoms with Gasteiger partial charge in [-0.2, -0.15) is 5.26 Å². The van der Waals surface area contributed by atoms with E-state index >= 15 is 0 Å². The molecule has 6 heteroatoms. The van der Waals surface area contributed by atoms with Gasteiger partial charge in [-0.3, -0.25) is 4.79 Å². The molecule has 0 saturated carbocycles. The molecule has 6 nitrogen and oxygen atoms in total. The normalized spacial score (nSPS) is 10.7. The molecule has 2 aromatic rings. The van der Waals surface area contributed by atoms with Gasteiger partial charge in [0.2, 0.25) is 0 Å². The van der Waals surface area contributed by atoms with Crippen molar-refractivity contribution in [2.24, 2.45) is 0 Å². The summed E-state index contributed by atoms with van der Waals surface area (Å²) < 4.78 is 5.66. The monoisotopic (exact) mass is 350 g/mol. The van der Waals surface area contributed by atoms with Gasteiger partial charge in [-0.1, -0.05) is 24.3 Å². The van der Waals surface area contributed by atoms with Crippen molar-refractivity contribution in [3.05, 3.63) is 70.8 Å². The van der Waals surface area contributed by atoms with E-state index in [-0.39, 0.29) is 17.0 Å². The van der Waals surface area contributed by atoms with Crippen LogP contribution in [0.25, 0.3) is 6.08 Å². The van der Waals surface area contributed by atoms with E-state index < -0.39 is 5.97 Å². The molecule has 132 valence electrons. The maximum atomic E-state index is 11.8. The minimum Gasteiger partial charge on any atom is -0.489 e. The predicted molar refractivity (Wildman–Crippen MR) is 96.5 cm³/mol. The largest absolute Gasteiger partial charge is 0.489 e. The number of aromatic carboxylic acids is 1. The van der Waals surface area contributed by atoms with Crippen LogP contribution in [0.3, 0.4) is 0 Å². The second-order valence-corrected chi connectivity index (χ2v) is 5.73. The highest BCUT2D eigenvalue weighted by atomic mass is 16.5. The zero-order chi connectivity index (χ0) is 19.1. The Kier molecular flexibility index (Phi) is 6.12. The number of carboxylic acids is 1. The molecule has 1 amide bonds. The van der Waals surface area contributed by atoms with Crippen LogP contribution < -0.4 is 4.74 Å². The van der Waals surface area contributed by atoms with Crippen LogP contribution in [-0.2, 0) is 11.4 Å². The Balaban J connectivity index is 2.02. The fraction of sp³-hybridized carbons (Fsp3) is 0.150. The molecule has 0 heterocycles. The third-order valence-electron chi connectivity index (χ3n) is 3.55. The van der Waals surface area contributed by atoms with Crippen molar-refractivity contribution >= 4 is 18.0 Å². The van der Waals surface area contributed by atoms with Crippen molar-refractivity contribution in [2.45, 2.75) is 6.61 Å². The molecule has 1 N–H and O–H groups in total. The summed E-state index contributed by atoms with van der Waals surface area (Å²) in [6.07, 6.45) is 1.52. The first-order valence-corrected chi connectivity index (χ1v) is 7.79. The van der Waals surface area contributed by atoms with E-state index in [1.54, 1.807) is 50.5 Å². The van der Waals surface area contributed by atoms with Gasteiger partial charge in [-0.25, -0.2) is 4.79 Å². The Labute approximate surface area is 151 Å². The maximum Gasteiger partial charge on any atom is 0.335 e. The van der Waals surface area contributed by atoms with Crippen LogP contribution >= 0.6 is 0 Å². The van der Waals surface area contributed by atoms with Gasteiger partial charge in [0.1, 0.15) is 24.0 Å². The van der Waals surface area contributed by atoms with Gasteiger partial charge in [0, 0.05) is 14.1 Å². The van der Waals surface area contributed by atoms with Gasteiger partial charge in [-0.15, -0.1) is 0 Å². The zero-order valence-electron chi connectivity index (χ0n) is 14.5. The third kappa shape index (κ3) is 4.95. The number of nitrogens with zero attached hydrogens (tertiary/aromatic N) is 2. The van der Waals surface area contributed by atoms with Crippen molar-refractivity contribution in [1.82, 2.24) is 4.90 Å². The van der Waals surface area contributed by atoms with Gasteiger partial charge in [0.25, 0.3) is 5.91 Å². The van der Waals surface area contributed by atoms with Crippen LogP contribution in [0.2, 0.25) is 0 Å². The number of benzene rings is 2. The highest BCUT2D eigenvalue weighted by Gasteiger charge is 2.10. The summed E-state index contributed by atoms with van der Waals surface area (Å²) in [4.78, 5) is 24.0. The topological polar surface area (TPSA) is 90.6 Å². The van der Waals surface area contributed by atoms with Crippen LogP contribution in [0, 0.1) is 11.3 Å². The van der Waals surface area contributed by atoms with E-state index in [4.69, 9.17) is 15.1 Å². The van der Waals surface area contributed by atoms with Gasteiger partial charge in [0.05, 0.1) is 5.56 Å². The molecule has 0 aliphatic rings. The smallest absolute Gasteiger partial charge is 0.335 e. The second kappa shape index (κ2) is 8.49. The van der Waals surface area contributed by atoms with Crippen molar-refractivity contribution in [3.63, 3.8) is 0 Å². The fourth-order valence-corrected chi connectivity index (χ4v) is 2.12. The lowest BCUT2D eigenvalue weighted by Crippen LogP contribution is -2.22. The Hall–Kier alpha value is -3.59.